The van der Waals surface area contributed by atoms with Gasteiger partial charge in [-0.05, 0) is 44.5 Å². The molecule has 0 aliphatic rings. The van der Waals surface area contributed by atoms with E-state index in [1.165, 1.54) is 5.69 Å². The van der Waals surface area contributed by atoms with Gasteiger partial charge in [0, 0.05) is 24.0 Å². The highest BCUT2D eigenvalue weighted by molar-refractivity contribution is 5.53. The van der Waals surface area contributed by atoms with Gasteiger partial charge in [0.1, 0.15) is 0 Å². The first kappa shape index (κ1) is 10.9. The molecule has 0 saturated heterocycles. The Morgan fingerprint density at radius 1 is 1.21 bits per heavy atom. The monoisotopic (exact) mass is 192 g/mol. The van der Waals surface area contributed by atoms with Crippen LogP contribution in [0.2, 0.25) is 0 Å². The molecule has 1 unspecified atom stereocenters. The molecule has 0 aliphatic carbocycles. The Labute approximate surface area is 86.7 Å². The zero-order chi connectivity index (χ0) is 10.6. The van der Waals surface area contributed by atoms with Crippen molar-refractivity contribution in [2.45, 2.75) is 33.2 Å². The van der Waals surface area contributed by atoms with Crippen LogP contribution in [0.4, 0.5) is 11.4 Å². The average molecular weight is 192 g/mol. The van der Waals surface area contributed by atoms with E-state index in [-0.39, 0.29) is 0 Å². The normalized spacial score (nSPS) is 12.5. The highest BCUT2D eigenvalue weighted by Crippen LogP contribution is 2.19. The predicted octanol–water partition coefficient (Wildman–Crippen LogP) is 2.89. The molecule has 0 radical (unpaired) electrons. The lowest BCUT2D eigenvalue weighted by molar-refractivity contribution is 0.630. The molecular weight excluding hydrogens is 172 g/mol. The van der Waals surface area contributed by atoms with E-state index in [4.69, 9.17) is 5.73 Å². The Hall–Kier alpha value is -1.18. The summed E-state index contributed by atoms with van der Waals surface area (Å²) >= 11 is 0. The number of rotatable bonds is 4. The molecule has 0 amide bonds. The maximum absolute atomic E-state index is 5.66. The molecule has 0 saturated carbocycles. The summed E-state index contributed by atoms with van der Waals surface area (Å²) in [7, 11) is 0. The maximum atomic E-state index is 5.66. The molecule has 2 N–H and O–H groups in total. The van der Waals surface area contributed by atoms with Gasteiger partial charge in [-0.25, -0.2) is 0 Å². The summed E-state index contributed by atoms with van der Waals surface area (Å²) in [5.41, 5.74) is 7.75. The van der Waals surface area contributed by atoms with E-state index in [0.717, 1.165) is 18.7 Å². The fourth-order valence-corrected chi connectivity index (χ4v) is 1.63. The third-order valence-electron chi connectivity index (χ3n) is 2.69. The summed E-state index contributed by atoms with van der Waals surface area (Å²) in [5.74, 6) is 0. The van der Waals surface area contributed by atoms with Gasteiger partial charge < -0.3 is 10.6 Å². The summed E-state index contributed by atoms with van der Waals surface area (Å²) < 4.78 is 0. The van der Waals surface area contributed by atoms with Crippen molar-refractivity contribution in [1.29, 1.82) is 0 Å². The van der Waals surface area contributed by atoms with E-state index in [0.29, 0.717) is 6.04 Å². The van der Waals surface area contributed by atoms with Gasteiger partial charge in [-0.3, -0.25) is 0 Å². The second kappa shape index (κ2) is 4.89. The molecule has 0 fully saturated rings. The van der Waals surface area contributed by atoms with Crippen molar-refractivity contribution in [2.75, 3.05) is 17.2 Å². The molecule has 1 atom stereocenters. The second-order valence-electron chi connectivity index (χ2n) is 3.63. The highest BCUT2D eigenvalue weighted by Gasteiger charge is 2.09. The van der Waals surface area contributed by atoms with Crippen LogP contribution in [-0.2, 0) is 0 Å². The number of nitrogen functional groups attached to an aromatic ring is 1. The molecule has 0 heterocycles. The first-order chi connectivity index (χ1) is 6.69. The van der Waals surface area contributed by atoms with Crippen LogP contribution in [0.1, 0.15) is 27.2 Å². The number of nitrogens with two attached hydrogens (primary N) is 1. The van der Waals surface area contributed by atoms with Crippen LogP contribution < -0.4 is 10.6 Å². The lowest BCUT2D eigenvalue weighted by atomic mass is 10.2. The number of anilines is 2. The minimum absolute atomic E-state index is 0.587. The van der Waals surface area contributed by atoms with Crippen molar-refractivity contribution in [3.63, 3.8) is 0 Å². The maximum Gasteiger partial charge on any atom is 0.0370 e. The molecular formula is C12H20N2. The minimum atomic E-state index is 0.587. The molecule has 2 nitrogen and oxygen atoms in total. The Morgan fingerprint density at radius 3 is 2.21 bits per heavy atom. The van der Waals surface area contributed by atoms with Crippen molar-refractivity contribution < 1.29 is 0 Å². The summed E-state index contributed by atoms with van der Waals surface area (Å²) in [4.78, 5) is 2.39. The quantitative estimate of drug-likeness (QED) is 0.743. The van der Waals surface area contributed by atoms with Crippen molar-refractivity contribution in [2.24, 2.45) is 0 Å². The predicted molar refractivity (Wildman–Crippen MR) is 63.6 cm³/mol. The number of hydrogen-bond donors (Lipinski definition) is 1. The highest BCUT2D eigenvalue weighted by atomic mass is 15.1. The van der Waals surface area contributed by atoms with Gasteiger partial charge in [0.2, 0.25) is 0 Å². The molecule has 1 aromatic carbocycles. The standard InChI is InChI=1S/C12H20N2/c1-4-10(3)14(5-2)12-8-6-11(13)7-9-12/h6-10H,4-5,13H2,1-3H3. The van der Waals surface area contributed by atoms with Crippen LogP contribution in [-0.4, -0.2) is 12.6 Å². The van der Waals surface area contributed by atoms with Gasteiger partial charge in [0.15, 0.2) is 0 Å². The average Bonchev–Trinajstić information content (AvgIpc) is 2.21. The fourth-order valence-electron chi connectivity index (χ4n) is 1.63. The van der Waals surface area contributed by atoms with Gasteiger partial charge in [0.05, 0.1) is 0 Å². The molecule has 78 valence electrons. The van der Waals surface area contributed by atoms with Crippen molar-refractivity contribution in [1.82, 2.24) is 0 Å². The lowest BCUT2D eigenvalue weighted by Crippen LogP contribution is -2.32. The van der Waals surface area contributed by atoms with Crippen LogP contribution in [0.25, 0.3) is 0 Å². The van der Waals surface area contributed by atoms with Gasteiger partial charge in [0.25, 0.3) is 0 Å². The first-order valence-electron chi connectivity index (χ1n) is 5.31. The third kappa shape index (κ3) is 2.41. The minimum Gasteiger partial charge on any atom is -0.399 e. The van der Waals surface area contributed by atoms with Gasteiger partial charge in [-0.2, -0.15) is 0 Å². The Balaban J connectivity index is 2.84. The summed E-state index contributed by atoms with van der Waals surface area (Å²) in [6.07, 6.45) is 1.16. The molecule has 0 bridgehead atoms. The number of nitrogens with zero attached hydrogens (tertiary/aromatic N) is 1. The second-order valence-corrected chi connectivity index (χ2v) is 3.63. The zero-order valence-corrected chi connectivity index (χ0v) is 9.33. The molecule has 0 aliphatic heterocycles. The topological polar surface area (TPSA) is 29.3 Å². The Bertz CT molecular complexity index is 266. The number of hydrogen-bond acceptors (Lipinski definition) is 2. The van der Waals surface area contributed by atoms with E-state index in [1.807, 2.05) is 12.1 Å². The SMILES string of the molecule is CCC(C)N(CC)c1ccc(N)cc1. The van der Waals surface area contributed by atoms with E-state index in [1.54, 1.807) is 0 Å². The molecule has 0 aromatic heterocycles. The third-order valence-corrected chi connectivity index (χ3v) is 2.69. The van der Waals surface area contributed by atoms with E-state index in [2.05, 4.69) is 37.8 Å². The van der Waals surface area contributed by atoms with Crippen molar-refractivity contribution >= 4 is 11.4 Å². The Kier molecular flexibility index (Phi) is 3.81. The molecule has 14 heavy (non-hydrogen) atoms. The largest absolute Gasteiger partial charge is 0.399 e. The summed E-state index contributed by atoms with van der Waals surface area (Å²) in [6, 6.07) is 8.68. The van der Waals surface area contributed by atoms with Gasteiger partial charge >= 0.3 is 0 Å². The molecule has 2 heteroatoms. The molecule has 1 rings (SSSR count). The van der Waals surface area contributed by atoms with Crippen LogP contribution in [0.15, 0.2) is 24.3 Å². The van der Waals surface area contributed by atoms with Crippen molar-refractivity contribution in [3.8, 4) is 0 Å². The zero-order valence-electron chi connectivity index (χ0n) is 9.33. The first-order valence-corrected chi connectivity index (χ1v) is 5.31. The van der Waals surface area contributed by atoms with Gasteiger partial charge in [-0.15, -0.1) is 0 Å². The lowest BCUT2D eigenvalue weighted by Gasteiger charge is -2.29. The van der Waals surface area contributed by atoms with Crippen LogP contribution in [0.5, 0.6) is 0 Å². The summed E-state index contributed by atoms with van der Waals surface area (Å²) in [6.45, 7) is 7.69. The van der Waals surface area contributed by atoms with Crippen LogP contribution in [0, 0.1) is 0 Å². The van der Waals surface area contributed by atoms with Crippen molar-refractivity contribution in [3.05, 3.63) is 24.3 Å². The van der Waals surface area contributed by atoms with Crippen LogP contribution >= 0.6 is 0 Å². The number of benzene rings is 1. The smallest absolute Gasteiger partial charge is 0.0370 e. The van der Waals surface area contributed by atoms with Crippen LogP contribution in [0.3, 0.4) is 0 Å². The molecule has 0 spiro atoms. The van der Waals surface area contributed by atoms with Gasteiger partial charge in [-0.1, -0.05) is 6.92 Å². The van der Waals surface area contributed by atoms with E-state index >= 15 is 0 Å². The molecule has 1 aromatic rings. The van der Waals surface area contributed by atoms with E-state index in [9.17, 15) is 0 Å². The summed E-state index contributed by atoms with van der Waals surface area (Å²) in [5, 5.41) is 0. The van der Waals surface area contributed by atoms with E-state index < -0.39 is 0 Å². The Morgan fingerprint density at radius 2 is 1.79 bits per heavy atom. The fraction of sp³-hybridized carbons (Fsp3) is 0.500.